The number of nitrogens with zero attached hydrogens (tertiary/aromatic N) is 2. The van der Waals surface area contributed by atoms with Gasteiger partial charge >= 0.3 is 0 Å². The predicted molar refractivity (Wildman–Crippen MR) is 117 cm³/mol. The molecule has 4 nitrogen and oxygen atoms in total. The van der Waals surface area contributed by atoms with Gasteiger partial charge in [0.2, 0.25) is 0 Å². The van der Waals surface area contributed by atoms with Gasteiger partial charge in [0.05, 0.1) is 16.3 Å². The van der Waals surface area contributed by atoms with E-state index in [0.29, 0.717) is 16.3 Å². The average molecular weight is 421 g/mol. The van der Waals surface area contributed by atoms with Crippen molar-refractivity contribution in [2.24, 2.45) is 0 Å². The lowest BCUT2D eigenvalue weighted by Crippen LogP contribution is -1.95. The molecule has 0 aliphatic carbocycles. The number of benzene rings is 3. The van der Waals surface area contributed by atoms with Gasteiger partial charge in [0.15, 0.2) is 9.84 Å². The Kier molecular flexibility index (Phi) is 5.34. The summed E-state index contributed by atoms with van der Waals surface area (Å²) in [6, 6.07) is 25.5. The molecule has 0 atom stereocenters. The monoisotopic (exact) mass is 420 g/mol. The van der Waals surface area contributed by atoms with Gasteiger partial charge in [0.1, 0.15) is 0 Å². The summed E-state index contributed by atoms with van der Waals surface area (Å²) >= 11 is 5.86. The standard InChI is InChI=1S/C23H17ClN2O2S/c24-20-11-13-22(14-12-20)29(27,28)16-15-19-17-26(21-9-5-2-6-10-21)25-23(19)18-7-3-1-4-8-18/h1-17H/b16-15+. The molecule has 0 radical (unpaired) electrons. The van der Waals surface area contributed by atoms with Crippen LogP contribution in [0, 0.1) is 0 Å². The van der Waals surface area contributed by atoms with Gasteiger partial charge in [-0.1, -0.05) is 60.1 Å². The normalized spacial score (nSPS) is 11.8. The molecular weight excluding hydrogens is 404 g/mol. The molecule has 0 saturated heterocycles. The Bertz CT molecular complexity index is 1250. The summed E-state index contributed by atoms with van der Waals surface area (Å²) in [5.41, 5.74) is 3.21. The van der Waals surface area contributed by atoms with Gasteiger partial charge in [-0.25, -0.2) is 13.1 Å². The van der Waals surface area contributed by atoms with Crippen LogP contribution in [0.25, 0.3) is 23.0 Å². The fourth-order valence-corrected chi connectivity index (χ4v) is 4.03. The number of hydrogen-bond donors (Lipinski definition) is 0. The SMILES string of the molecule is O=S(=O)(/C=C/c1cn(-c2ccccc2)nc1-c1ccccc1)c1ccc(Cl)cc1. The van der Waals surface area contributed by atoms with Crippen molar-refractivity contribution >= 4 is 27.5 Å². The Balaban J connectivity index is 1.77. The van der Waals surface area contributed by atoms with Crippen molar-refractivity contribution in [2.45, 2.75) is 4.90 Å². The summed E-state index contributed by atoms with van der Waals surface area (Å²) in [5, 5.41) is 6.38. The molecule has 0 amide bonds. The maximum atomic E-state index is 12.7. The van der Waals surface area contributed by atoms with Crippen LogP contribution in [0.5, 0.6) is 0 Å². The minimum absolute atomic E-state index is 0.190. The van der Waals surface area contributed by atoms with Crippen molar-refractivity contribution in [2.75, 3.05) is 0 Å². The minimum Gasteiger partial charge on any atom is -0.240 e. The van der Waals surface area contributed by atoms with Crippen molar-refractivity contribution in [3.8, 4) is 16.9 Å². The van der Waals surface area contributed by atoms with E-state index in [2.05, 4.69) is 5.10 Å². The Morgan fingerprint density at radius 3 is 2.10 bits per heavy atom. The summed E-state index contributed by atoms with van der Waals surface area (Å²) in [7, 11) is -3.61. The second-order valence-electron chi connectivity index (χ2n) is 6.38. The van der Waals surface area contributed by atoms with Gasteiger partial charge in [-0.3, -0.25) is 0 Å². The summed E-state index contributed by atoms with van der Waals surface area (Å²) in [4.78, 5) is 0.190. The predicted octanol–water partition coefficient (Wildman–Crippen LogP) is 5.64. The van der Waals surface area contributed by atoms with Crippen molar-refractivity contribution in [3.05, 3.63) is 107 Å². The third kappa shape index (κ3) is 4.31. The summed E-state index contributed by atoms with van der Waals surface area (Å²) in [5.74, 6) is 0. The lowest BCUT2D eigenvalue weighted by atomic mass is 10.1. The molecule has 0 spiro atoms. The third-order valence-corrected chi connectivity index (χ3v) is 6.06. The molecule has 1 aromatic heterocycles. The third-order valence-electron chi connectivity index (χ3n) is 4.38. The van der Waals surface area contributed by atoms with E-state index < -0.39 is 9.84 Å². The largest absolute Gasteiger partial charge is 0.240 e. The van der Waals surface area contributed by atoms with Crippen molar-refractivity contribution in [1.82, 2.24) is 9.78 Å². The van der Waals surface area contributed by atoms with Crippen LogP contribution in [0.3, 0.4) is 0 Å². The van der Waals surface area contributed by atoms with Crippen molar-refractivity contribution in [1.29, 1.82) is 0 Å². The van der Waals surface area contributed by atoms with Crippen LogP contribution in [-0.4, -0.2) is 18.2 Å². The smallest absolute Gasteiger partial charge is 0.199 e. The maximum Gasteiger partial charge on any atom is 0.199 e. The molecule has 0 fully saturated rings. The number of hydrogen-bond acceptors (Lipinski definition) is 3. The van der Waals surface area contributed by atoms with Crippen molar-refractivity contribution in [3.63, 3.8) is 0 Å². The summed E-state index contributed by atoms with van der Waals surface area (Å²) in [6.45, 7) is 0. The highest BCUT2D eigenvalue weighted by molar-refractivity contribution is 7.94. The number of para-hydroxylation sites is 1. The van der Waals surface area contributed by atoms with Gasteiger partial charge in [0, 0.05) is 27.8 Å². The van der Waals surface area contributed by atoms with Gasteiger partial charge < -0.3 is 0 Å². The van der Waals surface area contributed by atoms with E-state index in [-0.39, 0.29) is 4.90 Å². The van der Waals surface area contributed by atoms with Gasteiger partial charge in [0.25, 0.3) is 0 Å². The molecule has 1 heterocycles. The van der Waals surface area contributed by atoms with Crippen molar-refractivity contribution < 1.29 is 8.42 Å². The van der Waals surface area contributed by atoms with Crippen LogP contribution in [0.4, 0.5) is 0 Å². The van der Waals surface area contributed by atoms with Crippen LogP contribution < -0.4 is 0 Å². The molecule has 0 aliphatic rings. The van der Waals surface area contributed by atoms with Gasteiger partial charge in [-0.05, 0) is 42.5 Å². The second-order valence-corrected chi connectivity index (χ2v) is 8.65. The fourth-order valence-electron chi connectivity index (χ4n) is 2.91. The molecule has 0 unspecified atom stereocenters. The molecule has 144 valence electrons. The Labute approximate surface area is 174 Å². The second kappa shape index (κ2) is 8.07. The number of rotatable bonds is 5. The lowest BCUT2D eigenvalue weighted by Gasteiger charge is -2.00. The molecule has 6 heteroatoms. The minimum atomic E-state index is -3.61. The highest BCUT2D eigenvalue weighted by atomic mass is 35.5. The van der Waals surface area contributed by atoms with E-state index in [9.17, 15) is 8.42 Å². The molecule has 0 N–H and O–H groups in total. The molecule has 0 saturated carbocycles. The lowest BCUT2D eigenvalue weighted by molar-refractivity contribution is 0.605. The van der Waals surface area contributed by atoms with E-state index in [1.807, 2.05) is 66.9 Å². The zero-order chi connectivity index (χ0) is 20.3. The van der Waals surface area contributed by atoms with E-state index in [0.717, 1.165) is 11.3 Å². The molecule has 29 heavy (non-hydrogen) atoms. The Morgan fingerprint density at radius 1 is 0.828 bits per heavy atom. The zero-order valence-electron chi connectivity index (χ0n) is 15.3. The molecule has 3 aromatic carbocycles. The van der Waals surface area contributed by atoms with Crippen LogP contribution in [0.1, 0.15) is 5.56 Å². The highest BCUT2D eigenvalue weighted by Gasteiger charge is 2.13. The van der Waals surface area contributed by atoms with E-state index in [1.165, 1.54) is 17.5 Å². The van der Waals surface area contributed by atoms with E-state index in [1.54, 1.807) is 22.9 Å². The first-order chi connectivity index (χ1) is 14.0. The highest BCUT2D eigenvalue weighted by Crippen LogP contribution is 2.26. The first-order valence-electron chi connectivity index (χ1n) is 8.92. The number of sulfone groups is 1. The molecule has 0 bridgehead atoms. The van der Waals surface area contributed by atoms with Gasteiger partial charge in [-0.2, -0.15) is 5.10 Å². The Morgan fingerprint density at radius 2 is 1.45 bits per heavy atom. The first kappa shape index (κ1) is 19.2. The molecule has 0 aliphatic heterocycles. The summed E-state index contributed by atoms with van der Waals surface area (Å²) < 4.78 is 27.1. The van der Waals surface area contributed by atoms with E-state index >= 15 is 0 Å². The average Bonchev–Trinajstić information content (AvgIpc) is 3.18. The van der Waals surface area contributed by atoms with Gasteiger partial charge in [-0.15, -0.1) is 0 Å². The molecular formula is C23H17ClN2O2S. The Hall–Kier alpha value is -3.15. The number of halogens is 1. The van der Waals surface area contributed by atoms with Crippen LogP contribution >= 0.6 is 11.6 Å². The fraction of sp³-hybridized carbons (Fsp3) is 0. The van der Waals surface area contributed by atoms with Crippen LogP contribution in [0.2, 0.25) is 5.02 Å². The van der Waals surface area contributed by atoms with E-state index in [4.69, 9.17) is 11.6 Å². The zero-order valence-corrected chi connectivity index (χ0v) is 16.9. The maximum absolute atomic E-state index is 12.7. The topological polar surface area (TPSA) is 52.0 Å². The first-order valence-corrected chi connectivity index (χ1v) is 10.8. The number of aromatic nitrogens is 2. The molecule has 4 rings (SSSR count). The molecule has 4 aromatic rings. The quantitative estimate of drug-likeness (QED) is 0.420. The summed E-state index contributed by atoms with van der Waals surface area (Å²) in [6.07, 6.45) is 3.41. The van der Waals surface area contributed by atoms with Crippen LogP contribution in [-0.2, 0) is 9.84 Å². The van der Waals surface area contributed by atoms with Crippen LogP contribution in [0.15, 0.2) is 101 Å².